The van der Waals surface area contributed by atoms with Crippen molar-refractivity contribution >= 4 is 49.1 Å². The van der Waals surface area contributed by atoms with Crippen LogP contribution in [0.5, 0.6) is 0 Å². The number of carbonyl (C=O) groups excluding carboxylic acids is 2. The van der Waals surface area contributed by atoms with Gasteiger partial charge in [-0.25, -0.2) is 8.42 Å². The van der Waals surface area contributed by atoms with Crippen molar-refractivity contribution in [2.45, 2.75) is 56.5 Å². The molecule has 1 fully saturated rings. The molecule has 3 aromatic rings. The fraction of sp³-hybridized carbons (Fsp3) is 0.346. The van der Waals surface area contributed by atoms with E-state index in [0.29, 0.717) is 10.5 Å². The molecule has 8 nitrogen and oxygen atoms in total. The molecule has 1 aliphatic rings. The Balaban J connectivity index is 1.62. The zero-order valence-electron chi connectivity index (χ0n) is 20.2. The normalized spacial score (nSPS) is 15.2. The first-order chi connectivity index (χ1) is 17.2. The molecule has 2 aromatic carbocycles. The van der Waals surface area contributed by atoms with E-state index in [-0.39, 0.29) is 29.0 Å². The zero-order valence-corrected chi connectivity index (χ0v) is 21.9. The van der Waals surface area contributed by atoms with Gasteiger partial charge in [0.1, 0.15) is 0 Å². The minimum absolute atomic E-state index is 0.00535. The van der Waals surface area contributed by atoms with E-state index >= 15 is 0 Å². The molecule has 0 aliphatic heterocycles. The summed E-state index contributed by atoms with van der Waals surface area (Å²) in [6, 6.07) is 11.3. The van der Waals surface area contributed by atoms with E-state index in [1.54, 1.807) is 23.7 Å². The van der Waals surface area contributed by atoms with Crippen molar-refractivity contribution in [3.8, 4) is 12.3 Å². The summed E-state index contributed by atoms with van der Waals surface area (Å²) >= 11 is 1.28. The second kappa shape index (κ2) is 10.8. The summed E-state index contributed by atoms with van der Waals surface area (Å²) in [4.78, 5) is 29.2. The number of amides is 2. The van der Waals surface area contributed by atoms with Crippen molar-refractivity contribution in [2.75, 3.05) is 12.4 Å². The van der Waals surface area contributed by atoms with Crippen molar-refractivity contribution in [2.24, 2.45) is 4.99 Å². The molecule has 0 spiro atoms. The topological polar surface area (TPSA) is 101 Å². The molecule has 0 radical (unpaired) electrons. The summed E-state index contributed by atoms with van der Waals surface area (Å²) in [6.45, 7) is 1.65. The molecule has 10 heteroatoms. The molecule has 2 amide bonds. The van der Waals surface area contributed by atoms with Gasteiger partial charge in [0.2, 0.25) is 15.9 Å². The quantitative estimate of drug-likeness (QED) is 0.493. The Kier molecular flexibility index (Phi) is 7.73. The van der Waals surface area contributed by atoms with Crippen molar-refractivity contribution in [3.05, 3.63) is 52.8 Å². The van der Waals surface area contributed by atoms with Crippen LogP contribution in [0.4, 0.5) is 5.69 Å². The van der Waals surface area contributed by atoms with Gasteiger partial charge < -0.3 is 9.88 Å². The summed E-state index contributed by atoms with van der Waals surface area (Å²) in [7, 11) is -2.02. The molecular formula is C26H28N4O4S2. The minimum Gasteiger partial charge on any atom is -0.326 e. The third-order valence-corrected chi connectivity index (χ3v) is 9.28. The lowest BCUT2D eigenvalue weighted by Gasteiger charge is -2.30. The van der Waals surface area contributed by atoms with Crippen molar-refractivity contribution < 1.29 is 18.0 Å². The number of hydrogen-bond donors (Lipinski definition) is 1. The molecule has 1 N–H and O–H groups in total. The number of hydrogen-bond acceptors (Lipinski definition) is 5. The highest BCUT2D eigenvalue weighted by Gasteiger charge is 2.29. The van der Waals surface area contributed by atoms with Gasteiger partial charge in [0.05, 0.1) is 21.7 Å². The van der Waals surface area contributed by atoms with E-state index in [1.165, 1.54) is 46.8 Å². The van der Waals surface area contributed by atoms with Gasteiger partial charge in [-0.3, -0.25) is 9.59 Å². The summed E-state index contributed by atoms with van der Waals surface area (Å²) < 4.78 is 30.2. The molecule has 1 aromatic heterocycles. The van der Waals surface area contributed by atoms with Gasteiger partial charge in [-0.05, 0) is 55.3 Å². The number of anilines is 1. The second-order valence-corrected chi connectivity index (χ2v) is 11.8. The molecule has 4 rings (SSSR count). The number of thiazole rings is 1. The van der Waals surface area contributed by atoms with Crippen LogP contribution in [0.1, 0.15) is 49.4 Å². The van der Waals surface area contributed by atoms with Crippen LogP contribution in [0.3, 0.4) is 0 Å². The number of aromatic nitrogens is 1. The van der Waals surface area contributed by atoms with E-state index in [9.17, 15) is 18.0 Å². The minimum atomic E-state index is -3.65. The van der Waals surface area contributed by atoms with Gasteiger partial charge in [-0.2, -0.15) is 9.30 Å². The molecule has 0 saturated heterocycles. The molecule has 1 aliphatic carbocycles. The van der Waals surface area contributed by atoms with Gasteiger partial charge >= 0.3 is 0 Å². The highest BCUT2D eigenvalue weighted by molar-refractivity contribution is 7.89. The van der Waals surface area contributed by atoms with Gasteiger partial charge in [0.15, 0.2) is 4.80 Å². The highest BCUT2D eigenvalue weighted by Crippen LogP contribution is 2.27. The number of terminal acetylenes is 1. The van der Waals surface area contributed by atoms with Crippen LogP contribution in [0.2, 0.25) is 0 Å². The van der Waals surface area contributed by atoms with Crippen LogP contribution >= 0.6 is 11.3 Å². The van der Waals surface area contributed by atoms with Gasteiger partial charge in [0.25, 0.3) is 5.91 Å². The standard InChI is InChI=1S/C26H28N4O4S2/c1-4-16-30-23-15-12-20(27-18(2)31)17-24(23)35-26(30)28-25(32)19-10-13-22(14-11-19)36(33,34)29(3)21-8-6-5-7-9-21/h1,10-15,17,21H,5-9,16H2,2-3H3,(H,27,31). The fourth-order valence-electron chi connectivity index (χ4n) is 4.41. The Morgan fingerprint density at radius 1 is 1.17 bits per heavy atom. The maximum atomic E-state index is 13.1. The lowest BCUT2D eigenvalue weighted by Crippen LogP contribution is -2.38. The molecule has 0 bridgehead atoms. The van der Waals surface area contributed by atoms with Crippen molar-refractivity contribution in [1.82, 2.24) is 8.87 Å². The summed E-state index contributed by atoms with van der Waals surface area (Å²) in [5, 5.41) is 2.74. The Morgan fingerprint density at radius 2 is 1.86 bits per heavy atom. The van der Waals surface area contributed by atoms with E-state index in [4.69, 9.17) is 6.42 Å². The van der Waals surface area contributed by atoms with Crippen LogP contribution in [0.25, 0.3) is 10.2 Å². The smallest absolute Gasteiger partial charge is 0.279 e. The Morgan fingerprint density at radius 3 is 2.50 bits per heavy atom. The summed E-state index contributed by atoms with van der Waals surface area (Å²) in [5.74, 6) is 1.90. The average molecular weight is 525 g/mol. The van der Waals surface area contributed by atoms with E-state index in [0.717, 1.165) is 42.3 Å². The fourth-order valence-corrected chi connectivity index (χ4v) is 6.89. The zero-order chi connectivity index (χ0) is 25.9. The van der Waals surface area contributed by atoms with Crippen LogP contribution in [0.15, 0.2) is 52.4 Å². The first-order valence-electron chi connectivity index (χ1n) is 11.7. The molecular weight excluding hydrogens is 496 g/mol. The predicted octanol–water partition coefficient (Wildman–Crippen LogP) is 3.99. The second-order valence-electron chi connectivity index (χ2n) is 8.79. The molecule has 36 heavy (non-hydrogen) atoms. The monoisotopic (exact) mass is 524 g/mol. The third kappa shape index (κ3) is 5.43. The van der Waals surface area contributed by atoms with Crippen molar-refractivity contribution in [3.63, 3.8) is 0 Å². The number of sulfonamides is 1. The molecule has 188 valence electrons. The van der Waals surface area contributed by atoms with Crippen LogP contribution in [0, 0.1) is 12.3 Å². The average Bonchev–Trinajstić information content (AvgIpc) is 3.20. The Labute approximate surface area is 214 Å². The van der Waals surface area contributed by atoms with E-state index in [1.807, 2.05) is 6.07 Å². The molecule has 0 atom stereocenters. The van der Waals surface area contributed by atoms with Gasteiger partial charge in [-0.1, -0.05) is 36.5 Å². The maximum absolute atomic E-state index is 13.1. The molecule has 1 saturated carbocycles. The van der Waals surface area contributed by atoms with Crippen LogP contribution < -0.4 is 10.1 Å². The third-order valence-electron chi connectivity index (χ3n) is 6.32. The number of benzene rings is 2. The lowest BCUT2D eigenvalue weighted by atomic mass is 9.96. The Hall–Kier alpha value is -3.26. The predicted molar refractivity (Wildman–Crippen MR) is 141 cm³/mol. The van der Waals surface area contributed by atoms with Gasteiger partial charge in [-0.15, -0.1) is 6.42 Å². The lowest BCUT2D eigenvalue weighted by molar-refractivity contribution is -0.114. The highest BCUT2D eigenvalue weighted by atomic mass is 32.2. The number of rotatable bonds is 6. The Bertz CT molecular complexity index is 1510. The van der Waals surface area contributed by atoms with E-state index in [2.05, 4.69) is 16.2 Å². The van der Waals surface area contributed by atoms with Gasteiger partial charge in [0, 0.05) is 31.3 Å². The number of carbonyl (C=O) groups is 2. The largest absolute Gasteiger partial charge is 0.326 e. The van der Waals surface area contributed by atoms with Crippen molar-refractivity contribution in [1.29, 1.82) is 0 Å². The molecule has 1 heterocycles. The number of nitrogens with one attached hydrogen (secondary N) is 1. The number of nitrogens with zero attached hydrogens (tertiary/aromatic N) is 3. The van der Waals surface area contributed by atoms with Crippen LogP contribution in [-0.2, 0) is 21.4 Å². The summed E-state index contributed by atoms with van der Waals surface area (Å²) in [5.41, 5.74) is 1.71. The van der Waals surface area contributed by atoms with Crippen LogP contribution in [-0.4, -0.2) is 42.2 Å². The number of fused-ring (bicyclic) bond motifs is 1. The maximum Gasteiger partial charge on any atom is 0.279 e. The molecule has 0 unspecified atom stereocenters. The first kappa shape index (κ1) is 25.8. The van der Waals surface area contributed by atoms with E-state index < -0.39 is 15.9 Å². The summed E-state index contributed by atoms with van der Waals surface area (Å²) in [6.07, 6.45) is 10.5. The first-order valence-corrected chi connectivity index (χ1v) is 14.0. The SMILES string of the molecule is C#CCn1c(=NC(=O)c2ccc(S(=O)(=O)N(C)C3CCCCC3)cc2)sc2cc(NC(C)=O)ccc21.